The highest BCUT2D eigenvalue weighted by molar-refractivity contribution is 6.13. The lowest BCUT2D eigenvalue weighted by molar-refractivity contribution is -0.120. The summed E-state index contributed by atoms with van der Waals surface area (Å²) < 4.78 is 13.3. The summed E-state index contributed by atoms with van der Waals surface area (Å²) in [4.78, 5) is 41.9. The molecule has 0 atom stereocenters. The number of hydrogen-bond donors (Lipinski definition) is 2. The molecule has 2 amide bonds. The Kier molecular flexibility index (Phi) is 7.97. The summed E-state index contributed by atoms with van der Waals surface area (Å²) in [6, 6.07) is 21.7. The second kappa shape index (κ2) is 11.5. The molecule has 0 aliphatic carbocycles. The molecule has 0 aromatic heterocycles. The molecule has 35 heavy (non-hydrogen) atoms. The minimum atomic E-state index is -0.401. The number of hydrogen-bond acceptors (Lipinski definition) is 5. The average Bonchev–Trinajstić information content (AvgIpc) is 2.85. The first-order valence-electron chi connectivity index (χ1n) is 11.5. The summed E-state index contributed by atoms with van der Waals surface area (Å²) in [7, 11) is 0. The van der Waals surface area contributed by atoms with Crippen LogP contribution in [0.3, 0.4) is 0 Å². The summed E-state index contributed by atoms with van der Waals surface area (Å²) in [6.45, 7) is 2.92. The minimum absolute atomic E-state index is 0.147. The van der Waals surface area contributed by atoms with Gasteiger partial charge in [-0.15, -0.1) is 0 Å². The van der Waals surface area contributed by atoms with Gasteiger partial charge in [0.1, 0.15) is 5.82 Å². The van der Waals surface area contributed by atoms with E-state index >= 15 is 0 Å². The molecule has 1 heterocycles. The fraction of sp³-hybridized carbons (Fsp3) is 0.222. The lowest BCUT2D eigenvalue weighted by Crippen LogP contribution is -2.50. The third kappa shape index (κ3) is 6.81. The molecule has 0 spiro atoms. The van der Waals surface area contributed by atoms with Crippen molar-refractivity contribution in [3.8, 4) is 0 Å². The van der Waals surface area contributed by atoms with Crippen LogP contribution in [0.5, 0.6) is 0 Å². The van der Waals surface area contributed by atoms with Crippen LogP contribution in [0.1, 0.15) is 15.9 Å². The van der Waals surface area contributed by atoms with Crippen molar-refractivity contribution >= 4 is 29.0 Å². The van der Waals surface area contributed by atoms with Gasteiger partial charge in [0, 0.05) is 43.0 Å². The van der Waals surface area contributed by atoms with Crippen molar-refractivity contribution in [3.05, 3.63) is 95.8 Å². The topological polar surface area (TPSA) is 81.8 Å². The SMILES string of the molecule is O=C(CN1CCN(CC(=O)Nc2ccccc2C(=O)c2ccccc2)CC1)Nc1cccc(F)c1. The molecule has 1 aliphatic rings. The van der Waals surface area contributed by atoms with Crippen molar-refractivity contribution in [3.63, 3.8) is 0 Å². The molecular weight excluding hydrogens is 447 g/mol. The van der Waals surface area contributed by atoms with Gasteiger partial charge in [0.2, 0.25) is 11.8 Å². The number of piperazine rings is 1. The number of carbonyl (C=O) groups is 3. The number of anilines is 2. The molecule has 4 rings (SSSR count). The maximum absolute atomic E-state index is 13.3. The third-order valence-corrected chi connectivity index (χ3v) is 5.79. The fourth-order valence-electron chi connectivity index (χ4n) is 4.00. The van der Waals surface area contributed by atoms with E-state index in [2.05, 4.69) is 10.6 Å². The molecule has 0 saturated carbocycles. The van der Waals surface area contributed by atoms with Gasteiger partial charge in [0.25, 0.3) is 0 Å². The zero-order chi connectivity index (χ0) is 24.6. The van der Waals surface area contributed by atoms with Crippen molar-refractivity contribution in [2.24, 2.45) is 0 Å². The van der Waals surface area contributed by atoms with Crippen LogP contribution in [0.15, 0.2) is 78.9 Å². The van der Waals surface area contributed by atoms with Gasteiger partial charge < -0.3 is 10.6 Å². The van der Waals surface area contributed by atoms with E-state index in [1.54, 1.807) is 60.7 Å². The van der Waals surface area contributed by atoms with Gasteiger partial charge in [0.05, 0.1) is 18.8 Å². The second-order valence-corrected chi connectivity index (χ2v) is 8.40. The Balaban J connectivity index is 1.25. The molecule has 2 N–H and O–H groups in total. The molecule has 1 saturated heterocycles. The highest BCUT2D eigenvalue weighted by Crippen LogP contribution is 2.19. The molecule has 0 unspecified atom stereocenters. The Morgan fingerprint density at radius 1 is 0.714 bits per heavy atom. The first kappa shape index (κ1) is 24.3. The Hall–Kier alpha value is -3.88. The zero-order valence-electron chi connectivity index (χ0n) is 19.2. The Morgan fingerprint density at radius 3 is 1.97 bits per heavy atom. The number of para-hydroxylation sites is 1. The minimum Gasteiger partial charge on any atom is -0.325 e. The maximum Gasteiger partial charge on any atom is 0.238 e. The summed E-state index contributed by atoms with van der Waals surface area (Å²) in [6.07, 6.45) is 0. The van der Waals surface area contributed by atoms with Crippen LogP contribution >= 0.6 is 0 Å². The van der Waals surface area contributed by atoms with Crippen LogP contribution in [0.2, 0.25) is 0 Å². The lowest BCUT2D eigenvalue weighted by Gasteiger charge is -2.33. The quantitative estimate of drug-likeness (QED) is 0.490. The van der Waals surface area contributed by atoms with Crippen LogP contribution in [0.4, 0.5) is 15.8 Å². The van der Waals surface area contributed by atoms with E-state index in [0.29, 0.717) is 48.7 Å². The van der Waals surface area contributed by atoms with E-state index in [-0.39, 0.29) is 30.7 Å². The number of carbonyl (C=O) groups excluding carboxylic acids is 3. The first-order valence-corrected chi connectivity index (χ1v) is 11.5. The van der Waals surface area contributed by atoms with Gasteiger partial charge in [-0.05, 0) is 30.3 Å². The number of nitrogens with one attached hydrogen (secondary N) is 2. The zero-order valence-corrected chi connectivity index (χ0v) is 19.2. The smallest absolute Gasteiger partial charge is 0.238 e. The molecule has 0 bridgehead atoms. The van der Waals surface area contributed by atoms with Crippen LogP contribution in [-0.4, -0.2) is 66.7 Å². The standard InChI is InChI=1S/C27H27FN4O3/c28-21-9-6-10-22(17-21)29-25(33)18-31-13-15-32(16-14-31)19-26(34)30-24-12-5-4-11-23(24)27(35)20-7-2-1-3-8-20/h1-12,17H,13-16,18-19H2,(H,29,33)(H,30,34). The summed E-state index contributed by atoms with van der Waals surface area (Å²) >= 11 is 0. The molecule has 8 heteroatoms. The predicted molar refractivity (Wildman–Crippen MR) is 133 cm³/mol. The van der Waals surface area contributed by atoms with Crippen molar-refractivity contribution in [1.82, 2.24) is 9.80 Å². The fourth-order valence-corrected chi connectivity index (χ4v) is 4.00. The molecule has 1 fully saturated rings. The molecule has 3 aromatic carbocycles. The maximum atomic E-state index is 13.3. The predicted octanol–water partition coefficient (Wildman–Crippen LogP) is 3.25. The van der Waals surface area contributed by atoms with Crippen LogP contribution in [0.25, 0.3) is 0 Å². The largest absolute Gasteiger partial charge is 0.325 e. The Bertz CT molecular complexity index is 1190. The number of nitrogens with zero attached hydrogens (tertiary/aromatic N) is 2. The number of ketones is 1. The highest BCUT2D eigenvalue weighted by Gasteiger charge is 2.22. The normalized spacial score (nSPS) is 14.3. The monoisotopic (exact) mass is 474 g/mol. The summed E-state index contributed by atoms with van der Waals surface area (Å²) in [5, 5.41) is 5.58. The number of rotatable bonds is 8. The Morgan fingerprint density at radius 2 is 1.31 bits per heavy atom. The molecular formula is C27H27FN4O3. The van der Waals surface area contributed by atoms with Crippen molar-refractivity contribution in [2.75, 3.05) is 49.9 Å². The number of halogens is 1. The van der Waals surface area contributed by atoms with E-state index in [9.17, 15) is 18.8 Å². The molecule has 7 nitrogen and oxygen atoms in total. The van der Waals surface area contributed by atoms with Crippen LogP contribution < -0.4 is 10.6 Å². The van der Waals surface area contributed by atoms with Crippen molar-refractivity contribution < 1.29 is 18.8 Å². The van der Waals surface area contributed by atoms with Gasteiger partial charge >= 0.3 is 0 Å². The third-order valence-electron chi connectivity index (χ3n) is 5.79. The van der Waals surface area contributed by atoms with Gasteiger partial charge in [-0.2, -0.15) is 0 Å². The molecule has 180 valence electrons. The van der Waals surface area contributed by atoms with Gasteiger partial charge in [0.15, 0.2) is 5.78 Å². The second-order valence-electron chi connectivity index (χ2n) is 8.40. The highest BCUT2D eigenvalue weighted by atomic mass is 19.1. The Labute approximate surface area is 203 Å². The van der Waals surface area contributed by atoms with E-state index in [1.165, 1.54) is 12.1 Å². The van der Waals surface area contributed by atoms with E-state index in [0.717, 1.165) is 0 Å². The van der Waals surface area contributed by atoms with Gasteiger partial charge in [-0.25, -0.2) is 4.39 Å². The van der Waals surface area contributed by atoms with Crippen molar-refractivity contribution in [1.29, 1.82) is 0 Å². The number of amides is 2. The number of benzene rings is 3. The molecule has 3 aromatic rings. The lowest BCUT2D eigenvalue weighted by atomic mass is 10.0. The van der Waals surface area contributed by atoms with Crippen molar-refractivity contribution in [2.45, 2.75) is 0 Å². The first-order chi connectivity index (χ1) is 17.0. The van der Waals surface area contributed by atoms with Gasteiger partial charge in [-0.3, -0.25) is 24.2 Å². The van der Waals surface area contributed by atoms with E-state index in [1.807, 2.05) is 15.9 Å². The summed E-state index contributed by atoms with van der Waals surface area (Å²) in [5.41, 5.74) is 1.92. The summed E-state index contributed by atoms with van der Waals surface area (Å²) in [5.74, 6) is -0.953. The molecule has 1 aliphatic heterocycles. The van der Waals surface area contributed by atoms with Crippen LogP contribution in [0, 0.1) is 5.82 Å². The van der Waals surface area contributed by atoms with E-state index < -0.39 is 5.82 Å². The van der Waals surface area contributed by atoms with E-state index in [4.69, 9.17) is 0 Å². The van der Waals surface area contributed by atoms with Crippen LogP contribution in [-0.2, 0) is 9.59 Å². The van der Waals surface area contributed by atoms with Gasteiger partial charge in [-0.1, -0.05) is 48.5 Å². The molecule has 0 radical (unpaired) electrons. The average molecular weight is 475 g/mol.